The monoisotopic (exact) mass is 418 g/mol. The van der Waals surface area contributed by atoms with Crippen LogP contribution in [-0.2, 0) is 6.18 Å². The van der Waals surface area contributed by atoms with Gasteiger partial charge in [-0.1, -0.05) is 23.7 Å². The molecule has 0 saturated heterocycles. The Morgan fingerprint density at radius 3 is 2.31 bits per heavy atom. The Morgan fingerprint density at radius 2 is 1.69 bits per heavy atom. The molecule has 0 atom stereocenters. The number of hydrogen-bond acceptors (Lipinski definition) is 2. The van der Waals surface area contributed by atoms with Crippen LogP contribution in [0.2, 0.25) is 5.02 Å². The molecule has 0 bridgehead atoms. The number of alkyl halides is 3. The molecular weight excluding hydrogens is 408 g/mol. The van der Waals surface area contributed by atoms with Gasteiger partial charge in [0.15, 0.2) is 0 Å². The molecule has 1 amide bonds. The molecule has 0 spiro atoms. The highest BCUT2D eigenvalue weighted by molar-refractivity contribution is 6.30. The van der Waals surface area contributed by atoms with Crippen LogP contribution in [0.25, 0.3) is 11.1 Å². The first-order valence-electron chi connectivity index (χ1n) is 8.17. The van der Waals surface area contributed by atoms with E-state index in [2.05, 4.69) is 5.32 Å². The summed E-state index contributed by atoms with van der Waals surface area (Å²) in [5, 5.41) is 11.9. The van der Waals surface area contributed by atoms with Crippen LogP contribution in [0.3, 0.4) is 0 Å². The lowest BCUT2D eigenvalue weighted by Crippen LogP contribution is -2.14. The molecule has 3 aromatic carbocycles. The van der Waals surface area contributed by atoms with Crippen LogP contribution in [0.1, 0.15) is 21.5 Å². The van der Waals surface area contributed by atoms with Gasteiger partial charge >= 0.3 is 6.18 Å². The zero-order chi connectivity index (χ0) is 21.2. The minimum absolute atomic E-state index is 0.0255. The van der Waals surface area contributed by atoms with Crippen molar-refractivity contribution in [2.45, 2.75) is 6.18 Å². The molecule has 0 aliphatic heterocycles. The zero-order valence-electron chi connectivity index (χ0n) is 14.5. The van der Waals surface area contributed by atoms with Gasteiger partial charge in [0.1, 0.15) is 5.82 Å². The van der Waals surface area contributed by atoms with Crippen molar-refractivity contribution < 1.29 is 22.4 Å². The van der Waals surface area contributed by atoms with Gasteiger partial charge in [-0.3, -0.25) is 4.79 Å². The van der Waals surface area contributed by atoms with Gasteiger partial charge in [-0.15, -0.1) is 0 Å². The molecule has 0 radical (unpaired) electrons. The molecule has 0 aliphatic rings. The highest BCUT2D eigenvalue weighted by Gasteiger charge is 2.34. The number of amides is 1. The van der Waals surface area contributed by atoms with Crippen LogP contribution >= 0.6 is 11.6 Å². The molecule has 0 aromatic heterocycles. The van der Waals surface area contributed by atoms with E-state index in [4.69, 9.17) is 16.9 Å². The van der Waals surface area contributed by atoms with Crippen molar-refractivity contribution in [2.24, 2.45) is 0 Å². The first kappa shape index (κ1) is 20.4. The van der Waals surface area contributed by atoms with Crippen LogP contribution in [0.4, 0.5) is 23.2 Å². The van der Waals surface area contributed by atoms with E-state index in [0.29, 0.717) is 10.7 Å². The van der Waals surface area contributed by atoms with E-state index in [1.807, 2.05) is 0 Å². The Labute approximate surface area is 168 Å². The summed E-state index contributed by atoms with van der Waals surface area (Å²) < 4.78 is 53.6. The second-order valence-corrected chi connectivity index (χ2v) is 6.46. The number of anilines is 1. The number of carbonyl (C=O) groups excluding carboxylic acids is 1. The Bertz CT molecular complexity index is 1120. The molecule has 0 unspecified atom stereocenters. The smallest absolute Gasteiger partial charge is 0.322 e. The molecule has 0 aliphatic carbocycles. The summed E-state index contributed by atoms with van der Waals surface area (Å²) in [7, 11) is 0. The summed E-state index contributed by atoms with van der Waals surface area (Å²) in [6.45, 7) is 0. The fourth-order valence-corrected chi connectivity index (χ4v) is 2.86. The lowest BCUT2D eigenvalue weighted by atomic mass is 9.95. The number of halogens is 5. The normalized spacial score (nSPS) is 11.0. The Kier molecular flexibility index (Phi) is 5.57. The minimum Gasteiger partial charge on any atom is -0.322 e. The summed E-state index contributed by atoms with van der Waals surface area (Å²) in [6.07, 6.45) is -4.76. The maximum Gasteiger partial charge on any atom is 0.417 e. The highest BCUT2D eigenvalue weighted by atomic mass is 35.5. The second kappa shape index (κ2) is 7.94. The molecule has 146 valence electrons. The van der Waals surface area contributed by atoms with Crippen molar-refractivity contribution in [1.29, 1.82) is 5.26 Å². The van der Waals surface area contributed by atoms with E-state index >= 15 is 0 Å². The van der Waals surface area contributed by atoms with Crippen LogP contribution in [0.15, 0.2) is 60.7 Å². The van der Waals surface area contributed by atoms with Crippen molar-refractivity contribution in [3.63, 3.8) is 0 Å². The average Bonchev–Trinajstić information content (AvgIpc) is 2.68. The lowest BCUT2D eigenvalue weighted by Gasteiger charge is -2.14. The van der Waals surface area contributed by atoms with Gasteiger partial charge < -0.3 is 5.32 Å². The van der Waals surface area contributed by atoms with Crippen molar-refractivity contribution in [3.05, 3.63) is 88.2 Å². The van der Waals surface area contributed by atoms with E-state index in [1.54, 1.807) is 12.1 Å². The van der Waals surface area contributed by atoms with Gasteiger partial charge in [0.05, 0.1) is 22.8 Å². The van der Waals surface area contributed by atoms with Crippen LogP contribution in [0, 0.1) is 17.1 Å². The lowest BCUT2D eigenvalue weighted by molar-refractivity contribution is -0.137. The number of benzene rings is 3. The van der Waals surface area contributed by atoms with E-state index < -0.39 is 29.0 Å². The molecule has 8 heteroatoms. The maximum atomic E-state index is 13.8. The summed E-state index contributed by atoms with van der Waals surface area (Å²) in [5.41, 5.74) is -1.34. The molecular formula is C21H11ClF4N2O. The Hall–Kier alpha value is -3.37. The van der Waals surface area contributed by atoms with E-state index in [0.717, 1.165) is 24.3 Å². The summed E-state index contributed by atoms with van der Waals surface area (Å²) in [4.78, 5) is 12.7. The van der Waals surface area contributed by atoms with Crippen LogP contribution in [0.5, 0.6) is 0 Å². The van der Waals surface area contributed by atoms with Gasteiger partial charge in [0.2, 0.25) is 0 Å². The van der Waals surface area contributed by atoms with E-state index in [-0.39, 0.29) is 16.7 Å². The number of rotatable bonds is 3. The summed E-state index contributed by atoms with van der Waals surface area (Å²) in [6, 6.07) is 13.9. The maximum absolute atomic E-state index is 13.8. The third-order valence-corrected chi connectivity index (χ3v) is 4.34. The van der Waals surface area contributed by atoms with Gasteiger partial charge in [-0.2, -0.15) is 18.4 Å². The zero-order valence-corrected chi connectivity index (χ0v) is 15.3. The SMILES string of the molecule is N#Cc1ccc(-c2ccc(F)cc2C(=O)Nc2ccc(Cl)cc2)cc1C(F)(F)F. The number of nitrogens with one attached hydrogen (secondary N) is 1. The van der Waals surface area contributed by atoms with Gasteiger partial charge in [0, 0.05) is 10.7 Å². The number of nitriles is 1. The Morgan fingerprint density at radius 1 is 1.00 bits per heavy atom. The largest absolute Gasteiger partial charge is 0.417 e. The molecule has 3 aromatic rings. The highest BCUT2D eigenvalue weighted by Crippen LogP contribution is 2.36. The molecule has 3 rings (SSSR count). The van der Waals surface area contributed by atoms with E-state index in [9.17, 15) is 22.4 Å². The topological polar surface area (TPSA) is 52.9 Å². The molecule has 3 nitrogen and oxygen atoms in total. The number of hydrogen-bond donors (Lipinski definition) is 1. The Balaban J connectivity index is 2.07. The van der Waals surface area contributed by atoms with E-state index in [1.165, 1.54) is 30.3 Å². The average molecular weight is 419 g/mol. The third-order valence-electron chi connectivity index (χ3n) is 4.08. The van der Waals surface area contributed by atoms with Crippen molar-refractivity contribution in [3.8, 4) is 17.2 Å². The first-order chi connectivity index (χ1) is 13.7. The van der Waals surface area contributed by atoms with Crippen LogP contribution < -0.4 is 5.32 Å². The molecule has 1 N–H and O–H groups in total. The predicted octanol–water partition coefficient (Wildman–Crippen LogP) is 6.29. The fourth-order valence-electron chi connectivity index (χ4n) is 2.73. The first-order valence-corrected chi connectivity index (χ1v) is 8.55. The predicted molar refractivity (Wildman–Crippen MR) is 101 cm³/mol. The fraction of sp³-hybridized carbons (Fsp3) is 0.0476. The standard InChI is InChI=1S/C21H11ClF4N2O/c22-14-3-6-16(7-4-14)28-20(29)18-10-15(23)5-8-17(18)12-1-2-13(11-27)19(9-12)21(24,25)26/h1-10H,(H,28,29). The minimum atomic E-state index is -4.76. The third kappa shape index (κ3) is 4.55. The van der Waals surface area contributed by atoms with Crippen molar-refractivity contribution >= 4 is 23.2 Å². The quantitative estimate of drug-likeness (QED) is 0.508. The van der Waals surface area contributed by atoms with Gasteiger partial charge in [-0.05, 0) is 59.7 Å². The second-order valence-electron chi connectivity index (χ2n) is 6.02. The number of carbonyl (C=O) groups is 1. The van der Waals surface area contributed by atoms with Crippen molar-refractivity contribution in [1.82, 2.24) is 0 Å². The molecule has 29 heavy (non-hydrogen) atoms. The van der Waals surface area contributed by atoms with Crippen LogP contribution in [-0.4, -0.2) is 5.91 Å². The molecule has 0 saturated carbocycles. The summed E-state index contributed by atoms with van der Waals surface area (Å²) >= 11 is 5.79. The molecule has 0 heterocycles. The summed E-state index contributed by atoms with van der Waals surface area (Å²) in [5.74, 6) is -1.43. The number of nitrogens with zero attached hydrogens (tertiary/aromatic N) is 1. The van der Waals surface area contributed by atoms with Crippen molar-refractivity contribution in [2.75, 3.05) is 5.32 Å². The van der Waals surface area contributed by atoms with Gasteiger partial charge in [-0.25, -0.2) is 4.39 Å². The van der Waals surface area contributed by atoms with Gasteiger partial charge in [0.25, 0.3) is 5.91 Å². The molecule has 0 fully saturated rings.